The highest BCUT2D eigenvalue weighted by atomic mass is 31.2. The first-order chi connectivity index (χ1) is 19.7. The van der Waals surface area contributed by atoms with Crippen LogP contribution in [0.1, 0.15) is 34.4 Å². The third-order valence-electron chi connectivity index (χ3n) is 6.18. The van der Waals surface area contributed by atoms with Gasteiger partial charge in [-0.2, -0.15) is 13.2 Å². The maximum Gasteiger partial charge on any atom is 0.469 e. The van der Waals surface area contributed by atoms with Gasteiger partial charge in [0.25, 0.3) is 0 Å². The molecular formula is C28H27F3N3O7P. The third kappa shape index (κ3) is 7.44. The Morgan fingerprint density at radius 3 is 2.21 bits per heavy atom. The summed E-state index contributed by atoms with van der Waals surface area (Å²) in [5, 5.41) is 0. The molecule has 0 aliphatic rings. The number of carbonyl (C=O) groups excluding carboxylic acids is 1. The number of methoxy groups -OCH3 is 1. The van der Waals surface area contributed by atoms with E-state index in [1.165, 1.54) is 13.0 Å². The molecule has 1 atom stereocenters. The number of esters is 1. The monoisotopic (exact) mass is 605 g/mol. The maximum absolute atomic E-state index is 14.1. The molecule has 0 radical (unpaired) electrons. The Hall–Kier alpha value is -4.00. The molecule has 0 bridgehead atoms. The molecule has 0 saturated carbocycles. The summed E-state index contributed by atoms with van der Waals surface area (Å²) in [7, 11) is -3.83. The Bertz CT molecular complexity index is 1600. The van der Waals surface area contributed by atoms with Gasteiger partial charge in [0.2, 0.25) is 0 Å². The van der Waals surface area contributed by atoms with Crippen LogP contribution in [0.4, 0.5) is 13.2 Å². The number of phosphoric ester groups is 1. The molecule has 0 unspecified atom stereocenters. The van der Waals surface area contributed by atoms with E-state index in [0.717, 1.165) is 30.4 Å². The fraction of sp³-hybridized carbons (Fsp3) is 0.214. The molecule has 14 heteroatoms. The van der Waals surface area contributed by atoms with Gasteiger partial charge in [-0.15, -0.1) is 0 Å². The largest absolute Gasteiger partial charge is 0.488 e. The Balaban J connectivity index is 1.63. The van der Waals surface area contributed by atoms with Crippen LogP contribution in [0, 0.1) is 0 Å². The molecule has 0 saturated heterocycles. The molecule has 222 valence electrons. The SMILES string of the molecule is COC(=O)c1[nH]c([C@@](C)(N)COP(=O)(O)O)nc1-c1ccc(OCc2ccc(-c3ccccc3)cc2)c(C(F)(F)F)c1. The fourth-order valence-corrected chi connectivity index (χ4v) is 4.44. The average Bonchev–Trinajstić information content (AvgIpc) is 3.41. The molecule has 0 fully saturated rings. The smallest absolute Gasteiger partial charge is 0.469 e. The lowest BCUT2D eigenvalue weighted by atomic mass is 10.0. The van der Waals surface area contributed by atoms with Crippen LogP contribution in [0.25, 0.3) is 22.4 Å². The van der Waals surface area contributed by atoms with Gasteiger partial charge in [-0.25, -0.2) is 14.3 Å². The van der Waals surface area contributed by atoms with E-state index in [2.05, 4.69) is 14.5 Å². The van der Waals surface area contributed by atoms with Crippen molar-refractivity contribution in [1.82, 2.24) is 9.97 Å². The lowest BCUT2D eigenvalue weighted by molar-refractivity contribution is -0.139. The minimum atomic E-state index is -4.90. The summed E-state index contributed by atoms with van der Waals surface area (Å²) in [4.78, 5) is 37.2. The molecular weight excluding hydrogens is 578 g/mol. The summed E-state index contributed by atoms with van der Waals surface area (Å²) in [5.74, 6) is -1.57. The zero-order chi connectivity index (χ0) is 30.7. The molecule has 5 N–H and O–H groups in total. The summed E-state index contributed by atoms with van der Waals surface area (Å²) in [6.45, 7) is 0.442. The van der Waals surface area contributed by atoms with Crippen molar-refractivity contribution >= 4 is 13.8 Å². The van der Waals surface area contributed by atoms with Crippen molar-refractivity contribution in [3.63, 3.8) is 0 Å². The number of phosphoric acid groups is 1. The summed E-state index contributed by atoms with van der Waals surface area (Å²) in [6.07, 6.45) is -4.83. The van der Waals surface area contributed by atoms with Gasteiger partial charge in [-0.3, -0.25) is 4.52 Å². The number of benzene rings is 3. The first-order valence-corrected chi connectivity index (χ1v) is 13.9. The number of imidazole rings is 1. The number of halogens is 3. The number of ether oxygens (including phenoxy) is 2. The highest BCUT2D eigenvalue weighted by Crippen LogP contribution is 2.41. The highest BCUT2D eigenvalue weighted by Gasteiger charge is 2.36. The number of H-pyrrole nitrogens is 1. The molecule has 0 aliphatic carbocycles. The van der Waals surface area contributed by atoms with E-state index in [9.17, 15) is 22.5 Å². The quantitative estimate of drug-likeness (QED) is 0.137. The normalized spacial score (nSPS) is 13.4. The predicted molar refractivity (Wildman–Crippen MR) is 146 cm³/mol. The molecule has 4 aromatic rings. The number of nitrogens with two attached hydrogens (primary N) is 1. The van der Waals surface area contributed by atoms with Gasteiger partial charge in [0, 0.05) is 5.56 Å². The van der Waals surface area contributed by atoms with E-state index in [-0.39, 0.29) is 29.4 Å². The Morgan fingerprint density at radius 2 is 1.62 bits per heavy atom. The molecule has 1 aromatic heterocycles. The molecule has 10 nitrogen and oxygen atoms in total. The zero-order valence-corrected chi connectivity index (χ0v) is 23.3. The van der Waals surface area contributed by atoms with Crippen molar-refractivity contribution in [2.24, 2.45) is 5.73 Å². The van der Waals surface area contributed by atoms with E-state index in [0.29, 0.717) is 5.56 Å². The minimum absolute atomic E-state index is 0.114. The van der Waals surface area contributed by atoms with Gasteiger partial charge in [0.1, 0.15) is 23.9 Å². The Morgan fingerprint density at radius 1 is 1.00 bits per heavy atom. The third-order valence-corrected chi connectivity index (χ3v) is 6.65. The van der Waals surface area contributed by atoms with Crippen molar-refractivity contribution in [3.8, 4) is 28.1 Å². The van der Waals surface area contributed by atoms with Crippen molar-refractivity contribution in [1.29, 1.82) is 0 Å². The van der Waals surface area contributed by atoms with Crippen LogP contribution < -0.4 is 10.5 Å². The summed E-state index contributed by atoms with van der Waals surface area (Å²) in [5.41, 5.74) is 5.25. The average molecular weight is 606 g/mol. The number of nitrogens with one attached hydrogen (secondary N) is 1. The van der Waals surface area contributed by atoms with Gasteiger partial charge in [-0.05, 0) is 41.8 Å². The molecule has 0 amide bonds. The molecule has 0 aliphatic heterocycles. The summed E-state index contributed by atoms with van der Waals surface area (Å²) >= 11 is 0. The van der Waals surface area contributed by atoms with Gasteiger partial charge >= 0.3 is 20.0 Å². The van der Waals surface area contributed by atoms with Crippen molar-refractivity contribution in [2.75, 3.05) is 13.7 Å². The van der Waals surface area contributed by atoms with Crippen molar-refractivity contribution in [2.45, 2.75) is 25.2 Å². The maximum atomic E-state index is 14.1. The fourth-order valence-electron chi connectivity index (χ4n) is 4.00. The van der Waals surface area contributed by atoms with E-state index >= 15 is 0 Å². The second-order valence-electron chi connectivity index (χ2n) is 9.54. The van der Waals surface area contributed by atoms with Crippen LogP contribution in [-0.2, 0) is 32.1 Å². The van der Waals surface area contributed by atoms with Crippen LogP contribution in [0.3, 0.4) is 0 Å². The second kappa shape index (κ2) is 12.1. The van der Waals surface area contributed by atoms with E-state index in [1.807, 2.05) is 42.5 Å². The second-order valence-corrected chi connectivity index (χ2v) is 10.8. The topological polar surface area (TPSA) is 157 Å². The number of alkyl halides is 3. The van der Waals surface area contributed by atoms with E-state index in [1.54, 1.807) is 12.1 Å². The lowest BCUT2D eigenvalue weighted by Gasteiger charge is -2.22. The molecule has 3 aromatic carbocycles. The molecule has 1 heterocycles. The Kier molecular flexibility index (Phi) is 8.90. The van der Waals surface area contributed by atoms with Gasteiger partial charge < -0.3 is 30.0 Å². The Labute approximate surface area is 238 Å². The van der Waals surface area contributed by atoms with Gasteiger partial charge in [0.15, 0.2) is 5.69 Å². The standard InChI is InChI=1S/C28H27F3N3O7P/c1-27(32,16-41-42(36,37)38)26-33-23(24(34-26)25(35)39-2)20-12-13-22(21(14-20)28(29,30)31)40-15-17-8-10-19(11-9-17)18-6-4-3-5-7-18/h3-14H,15-16,32H2,1-2H3,(H,33,34)(H2,36,37,38)/t27-/m0/s1. The van der Waals surface area contributed by atoms with Crippen LogP contribution in [0.15, 0.2) is 72.8 Å². The summed E-state index contributed by atoms with van der Waals surface area (Å²) < 4.78 is 68.3. The summed E-state index contributed by atoms with van der Waals surface area (Å²) in [6, 6.07) is 20.0. The lowest BCUT2D eigenvalue weighted by Crippen LogP contribution is -2.39. The first-order valence-electron chi connectivity index (χ1n) is 12.3. The van der Waals surface area contributed by atoms with Crippen molar-refractivity contribution in [3.05, 3.63) is 95.4 Å². The predicted octanol–water partition coefficient (Wildman–Crippen LogP) is 5.41. The number of nitrogens with zero attached hydrogens (tertiary/aromatic N) is 1. The number of carbonyl (C=O) groups is 1. The van der Waals surface area contributed by atoms with Gasteiger partial charge in [0.05, 0.1) is 24.8 Å². The van der Waals surface area contributed by atoms with Crippen LogP contribution in [-0.4, -0.2) is 39.4 Å². The number of aromatic amines is 1. The van der Waals surface area contributed by atoms with Crippen LogP contribution in [0.2, 0.25) is 0 Å². The van der Waals surface area contributed by atoms with E-state index in [4.69, 9.17) is 25.0 Å². The van der Waals surface area contributed by atoms with Crippen molar-refractivity contribution < 1.29 is 46.3 Å². The van der Waals surface area contributed by atoms with E-state index < -0.39 is 43.4 Å². The minimum Gasteiger partial charge on any atom is -0.488 e. The van der Waals surface area contributed by atoms with Gasteiger partial charge in [-0.1, -0.05) is 54.6 Å². The first kappa shape index (κ1) is 30.9. The zero-order valence-electron chi connectivity index (χ0n) is 22.4. The number of aromatic nitrogens is 2. The molecule has 42 heavy (non-hydrogen) atoms. The molecule has 4 rings (SSSR count). The van der Waals surface area contributed by atoms with Crippen LogP contribution >= 0.6 is 7.82 Å². The number of hydrogen-bond donors (Lipinski definition) is 4. The molecule has 0 spiro atoms. The number of hydrogen-bond acceptors (Lipinski definition) is 7. The number of rotatable bonds is 10. The highest BCUT2D eigenvalue weighted by molar-refractivity contribution is 7.46. The van der Waals surface area contributed by atoms with Crippen LogP contribution in [0.5, 0.6) is 5.75 Å².